The third-order valence-corrected chi connectivity index (χ3v) is 2.46. The van der Waals surface area contributed by atoms with Crippen molar-refractivity contribution in [1.29, 1.82) is 0 Å². The molecule has 0 aliphatic rings. The van der Waals surface area contributed by atoms with Crippen LogP contribution in [0.2, 0.25) is 0 Å². The van der Waals surface area contributed by atoms with Gasteiger partial charge >= 0.3 is 0 Å². The molecular formula is C7H5N3S2. The van der Waals surface area contributed by atoms with Crippen LogP contribution in [0.5, 0.6) is 0 Å². The van der Waals surface area contributed by atoms with Gasteiger partial charge in [0.25, 0.3) is 0 Å². The highest BCUT2D eigenvalue weighted by atomic mass is 32.2. The monoisotopic (exact) mass is 195 g/mol. The second-order valence-electron chi connectivity index (χ2n) is 2.13. The van der Waals surface area contributed by atoms with Crippen molar-refractivity contribution in [3.63, 3.8) is 0 Å². The molecule has 5 heteroatoms. The van der Waals surface area contributed by atoms with Crippen molar-refractivity contribution in [2.75, 3.05) is 0 Å². The summed E-state index contributed by atoms with van der Waals surface area (Å²) >= 11 is 5.52. The second kappa shape index (κ2) is 3.20. The summed E-state index contributed by atoms with van der Waals surface area (Å²) in [6.07, 6.45) is 3.49. The number of pyridine rings is 1. The van der Waals surface area contributed by atoms with E-state index in [1.54, 1.807) is 12.4 Å². The first-order valence-corrected chi connectivity index (χ1v) is 4.55. The second-order valence-corrected chi connectivity index (χ2v) is 3.84. The molecule has 0 saturated heterocycles. The Kier molecular flexibility index (Phi) is 2.05. The van der Waals surface area contributed by atoms with Gasteiger partial charge in [0, 0.05) is 18.0 Å². The highest BCUT2D eigenvalue weighted by molar-refractivity contribution is 7.82. The largest absolute Gasteiger partial charge is 0.264 e. The van der Waals surface area contributed by atoms with Gasteiger partial charge in [-0.25, -0.2) is 0 Å². The molecule has 3 nitrogen and oxygen atoms in total. The molecule has 12 heavy (non-hydrogen) atoms. The van der Waals surface area contributed by atoms with Gasteiger partial charge in [0.15, 0.2) is 4.34 Å². The molecule has 0 amide bonds. The number of thiol groups is 1. The zero-order valence-corrected chi connectivity index (χ0v) is 7.72. The van der Waals surface area contributed by atoms with Crippen molar-refractivity contribution in [3.05, 3.63) is 24.5 Å². The van der Waals surface area contributed by atoms with Gasteiger partial charge in [-0.3, -0.25) is 4.98 Å². The molecule has 2 aromatic heterocycles. The van der Waals surface area contributed by atoms with Crippen LogP contribution in [0.15, 0.2) is 28.9 Å². The Labute approximate surface area is 78.9 Å². The van der Waals surface area contributed by atoms with Crippen molar-refractivity contribution in [2.24, 2.45) is 0 Å². The molecule has 60 valence electrons. The zero-order chi connectivity index (χ0) is 8.39. The van der Waals surface area contributed by atoms with E-state index in [2.05, 4.69) is 27.8 Å². The van der Waals surface area contributed by atoms with E-state index in [-0.39, 0.29) is 0 Å². The van der Waals surface area contributed by atoms with E-state index < -0.39 is 0 Å². The van der Waals surface area contributed by atoms with Crippen LogP contribution < -0.4 is 0 Å². The Morgan fingerprint density at radius 2 is 2.25 bits per heavy atom. The fourth-order valence-electron chi connectivity index (χ4n) is 0.821. The molecule has 2 heterocycles. The molecule has 0 aliphatic carbocycles. The lowest BCUT2D eigenvalue weighted by Gasteiger charge is -1.89. The van der Waals surface area contributed by atoms with E-state index in [0.717, 1.165) is 10.6 Å². The maximum atomic E-state index is 4.08. The summed E-state index contributed by atoms with van der Waals surface area (Å²) in [5.74, 6) is 0. The third kappa shape index (κ3) is 1.46. The molecule has 0 radical (unpaired) electrons. The van der Waals surface area contributed by atoms with E-state index in [1.807, 2.05) is 12.1 Å². The lowest BCUT2D eigenvalue weighted by molar-refractivity contribution is 1.02. The molecular weight excluding hydrogens is 190 g/mol. The average Bonchev–Trinajstić information content (AvgIpc) is 2.54. The van der Waals surface area contributed by atoms with Crippen molar-refractivity contribution in [2.45, 2.75) is 4.34 Å². The maximum Gasteiger partial charge on any atom is 0.171 e. The minimum atomic E-state index is 0.675. The number of aromatic nitrogens is 3. The van der Waals surface area contributed by atoms with E-state index in [9.17, 15) is 0 Å². The number of hydrogen-bond acceptors (Lipinski definition) is 5. The molecule has 0 aliphatic heterocycles. The van der Waals surface area contributed by atoms with Crippen LogP contribution in [0.25, 0.3) is 10.6 Å². The Bertz CT molecular complexity index is 371. The van der Waals surface area contributed by atoms with Gasteiger partial charge in [-0.1, -0.05) is 11.3 Å². The summed E-state index contributed by atoms with van der Waals surface area (Å²) in [4.78, 5) is 3.98. The van der Waals surface area contributed by atoms with Gasteiger partial charge in [-0.15, -0.1) is 22.8 Å². The Balaban J connectivity index is 2.45. The van der Waals surface area contributed by atoms with E-state index in [1.165, 1.54) is 11.3 Å². The molecule has 0 aromatic carbocycles. The number of rotatable bonds is 1. The highest BCUT2D eigenvalue weighted by Crippen LogP contribution is 2.23. The van der Waals surface area contributed by atoms with Crippen LogP contribution in [0.3, 0.4) is 0 Å². The van der Waals surface area contributed by atoms with E-state index in [0.29, 0.717) is 4.34 Å². The van der Waals surface area contributed by atoms with Gasteiger partial charge in [0.1, 0.15) is 5.01 Å². The normalized spacial score (nSPS) is 10.1. The molecule has 0 bridgehead atoms. The van der Waals surface area contributed by atoms with Crippen LogP contribution in [0.4, 0.5) is 0 Å². The summed E-state index contributed by atoms with van der Waals surface area (Å²) in [6.45, 7) is 0. The average molecular weight is 195 g/mol. The van der Waals surface area contributed by atoms with Crippen LogP contribution in [-0.4, -0.2) is 15.2 Å². The topological polar surface area (TPSA) is 38.7 Å². The van der Waals surface area contributed by atoms with Crippen molar-refractivity contribution >= 4 is 24.0 Å². The molecule has 0 N–H and O–H groups in total. The van der Waals surface area contributed by atoms with Gasteiger partial charge < -0.3 is 0 Å². The molecule has 0 atom stereocenters. The predicted molar refractivity (Wildman–Crippen MR) is 50.4 cm³/mol. The third-order valence-electron chi connectivity index (χ3n) is 1.32. The Morgan fingerprint density at radius 1 is 1.33 bits per heavy atom. The summed E-state index contributed by atoms with van der Waals surface area (Å²) in [5.41, 5.74) is 0.982. The van der Waals surface area contributed by atoms with Gasteiger partial charge in [-0.05, 0) is 12.1 Å². The Hall–Kier alpha value is -0.940. The smallest absolute Gasteiger partial charge is 0.171 e. The zero-order valence-electron chi connectivity index (χ0n) is 6.01. The molecule has 0 spiro atoms. The molecule has 2 aromatic rings. The van der Waals surface area contributed by atoms with Crippen molar-refractivity contribution < 1.29 is 0 Å². The van der Waals surface area contributed by atoms with Crippen LogP contribution >= 0.6 is 24.0 Å². The van der Waals surface area contributed by atoms with E-state index >= 15 is 0 Å². The van der Waals surface area contributed by atoms with Crippen LogP contribution in [0, 0.1) is 0 Å². The minimum absolute atomic E-state index is 0.675. The van der Waals surface area contributed by atoms with Gasteiger partial charge in [-0.2, -0.15) is 0 Å². The quantitative estimate of drug-likeness (QED) is 0.706. The summed E-state index contributed by atoms with van der Waals surface area (Å²) in [5, 5.41) is 8.59. The number of hydrogen-bond donors (Lipinski definition) is 1. The molecule has 0 unspecified atom stereocenters. The summed E-state index contributed by atoms with van der Waals surface area (Å²) in [7, 11) is 0. The molecule has 0 saturated carbocycles. The lowest BCUT2D eigenvalue weighted by atomic mass is 10.3. The Morgan fingerprint density at radius 3 is 2.83 bits per heavy atom. The first kappa shape index (κ1) is 7.70. The van der Waals surface area contributed by atoms with Crippen LogP contribution in [0.1, 0.15) is 0 Å². The summed E-state index contributed by atoms with van der Waals surface area (Å²) < 4.78 is 0.675. The van der Waals surface area contributed by atoms with Gasteiger partial charge in [0.05, 0.1) is 0 Å². The molecule has 0 fully saturated rings. The van der Waals surface area contributed by atoms with Gasteiger partial charge in [0.2, 0.25) is 0 Å². The van der Waals surface area contributed by atoms with E-state index in [4.69, 9.17) is 0 Å². The first-order chi connectivity index (χ1) is 5.86. The SMILES string of the molecule is Sc1nnc(-c2cccnc2)s1. The highest BCUT2D eigenvalue weighted by Gasteiger charge is 2.02. The summed E-state index contributed by atoms with van der Waals surface area (Å²) in [6, 6.07) is 3.82. The fraction of sp³-hybridized carbons (Fsp3) is 0. The van der Waals surface area contributed by atoms with Crippen molar-refractivity contribution in [1.82, 2.24) is 15.2 Å². The standard InChI is InChI=1S/C7H5N3S2/c11-7-10-9-6(12-7)5-2-1-3-8-4-5/h1-4H,(H,10,11). The van der Waals surface area contributed by atoms with Crippen molar-refractivity contribution in [3.8, 4) is 10.6 Å². The lowest BCUT2D eigenvalue weighted by Crippen LogP contribution is -1.76. The fourth-order valence-corrected chi connectivity index (χ4v) is 1.70. The minimum Gasteiger partial charge on any atom is -0.264 e. The predicted octanol–water partition coefficient (Wildman–Crippen LogP) is 1.89. The first-order valence-electron chi connectivity index (χ1n) is 3.29. The van der Waals surface area contributed by atoms with Crippen LogP contribution in [-0.2, 0) is 0 Å². The maximum absolute atomic E-state index is 4.08. The number of nitrogens with zero attached hydrogens (tertiary/aromatic N) is 3. The molecule has 2 rings (SSSR count).